The highest BCUT2D eigenvalue weighted by molar-refractivity contribution is 5.84. The molecule has 1 atom stereocenters. The molecule has 1 aliphatic heterocycles. The lowest BCUT2D eigenvalue weighted by Crippen LogP contribution is -2.50. The van der Waals surface area contributed by atoms with Gasteiger partial charge in [0, 0.05) is 31.7 Å². The predicted molar refractivity (Wildman–Crippen MR) is 122 cm³/mol. The lowest BCUT2D eigenvalue weighted by Gasteiger charge is -2.36. The average molecular weight is 417 g/mol. The Morgan fingerprint density at radius 3 is 2.39 bits per heavy atom. The summed E-state index contributed by atoms with van der Waals surface area (Å²) in [5.74, 6) is 1.78. The zero-order chi connectivity index (χ0) is 21.6. The van der Waals surface area contributed by atoms with Crippen LogP contribution in [0.1, 0.15) is 24.8 Å². The molecule has 1 saturated heterocycles. The minimum Gasteiger partial charge on any atom is -0.497 e. The largest absolute Gasteiger partial charge is 0.497 e. The van der Waals surface area contributed by atoms with Gasteiger partial charge < -0.3 is 14.5 Å². The standard InChI is InChI=1S/C25H28N4O2/c1-3-22(19-8-5-4-6-9-19)25(30)29-16-14-28(15-17-29)24-13-12-23(26-27-24)20-10-7-11-21(18-20)31-2/h4-13,18,22H,3,14-17H2,1-2H3. The van der Waals surface area contributed by atoms with E-state index in [2.05, 4.69) is 22.0 Å². The van der Waals surface area contributed by atoms with Crippen molar-refractivity contribution in [3.8, 4) is 17.0 Å². The Bertz CT molecular complexity index is 1000. The number of aromatic nitrogens is 2. The highest BCUT2D eigenvalue weighted by Gasteiger charge is 2.28. The summed E-state index contributed by atoms with van der Waals surface area (Å²) in [4.78, 5) is 17.3. The van der Waals surface area contributed by atoms with Crippen LogP contribution in [0.25, 0.3) is 11.3 Å². The summed E-state index contributed by atoms with van der Waals surface area (Å²) in [6.45, 7) is 4.97. The van der Waals surface area contributed by atoms with Crippen molar-refractivity contribution in [3.63, 3.8) is 0 Å². The number of benzene rings is 2. The quantitative estimate of drug-likeness (QED) is 0.608. The van der Waals surface area contributed by atoms with Crippen molar-refractivity contribution >= 4 is 11.7 Å². The van der Waals surface area contributed by atoms with Gasteiger partial charge in [-0.05, 0) is 36.2 Å². The van der Waals surface area contributed by atoms with Gasteiger partial charge in [-0.2, -0.15) is 0 Å². The van der Waals surface area contributed by atoms with Crippen LogP contribution in [0, 0.1) is 0 Å². The van der Waals surface area contributed by atoms with Crippen molar-refractivity contribution in [2.24, 2.45) is 0 Å². The predicted octanol–water partition coefficient (Wildman–Crippen LogP) is 3.99. The maximum Gasteiger partial charge on any atom is 0.230 e. The van der Waals surface area contributed by atoms with E-state index >= 15 is 0 Å². The van der Waals surface area contributed by atoms with Crippen LogP contribution < -0.4 is 9.64 Å². The normalized spacial score (nSPS) is 14.9. The fourth-order valence-electron chi connectivity index (χ4n) is 4.04. The number of hydrogen-bond donors (Lipinski definition) is 0. The summed E-state index contributed by atoms with van der Waals surface area (Å²) < 4.78 is 5.29. The monoisotopic (exact) mass is 416 g/mol. The van der Waals surface area contributed by atoms with Gasteiger partial charge in [0.1, 0.15) is 5.75 Å². The van der Waals surface area contributed by atoms with Crippen LogP contribution in [0.3, 0.4) is 0 Å². The van der Waals surface area contributed by atoms with Crippen molar-refractivity contribution in [3.05, 3.63) is 72.3 Å². The number of amides is 1. The molecule has 4 rings (SSSR count). The van der Waals surface area contributed by atoms with E-state index in [-0.39, 0.29) is 11.8 Å². The molecule has 2 heterocycles. The number of ether oxygens (including phenoxy) is 1. The first-order valence-electron chi connectivity index (χ1n) is 10.8. The molecule has 160 valence electrons. The van der Waals surface area contributed by atoms with Crippen molar-refractivity contribution in [2.45, 2.75) is 19.3 Å². The van der Waals surface area contributed by atoms with Crippen LogP contribution in [0.4, 0.5) is 5.82 Å². The molecular weight excluding hydrogens is 388 g/mol. The Morgan fingerprint density at radius 2 is 1.74 bits per heavy atom. The fourth-order valence-corrected chi connectivity index (χ4v) is 4.04. The second-order valence-corrected chi connectivity index (χ2v) is 7.69. The van der Waals surface area contributed by atoms with Crippen molar-refractivity contribution in [2.75, 3.05) is 38.2 Å². The molecule has 1 aromatic heterocycles. The molecule has 1 aliphatic rings. The third-order valence-electron chi connectivity index (χ3n) is 5.84. The van der Waals surface area contributed by atoms with Crippen LogP contribution in [-0.4, -0.2) is 54.3 Å². The molecule has 1 fully saturated rings. The second kappa shape index (κ2) is 9.60. The molecule has 0 aliphatic carbocycles. The van der Waals surface area contributed by atoms with E-state index in [1.54, 1.807) is 7.11 Å². The van der Waals surface area contributed by atoms with Gasteiger partial charge >= 0.3 is 0 Å². The summed E-state index contributed by atoms with van der Waals surface area (Å²) in [7, 11) is 1.65. The number of carbonyl (C=O) groups is 1. The maximum absolute atomic E-state index is 13.1. The third-order valence-corrected chi connectivity index (χ3v) is 5.84. The zero-order valence-electron chi connectivity index (χ0n) is 18.1. The third kappa shape index (κ3) is 4.68. The van der Waals surface area contributed by atoms with Gasteiger partial charge in [0.15, 0.2) is 5.82 Å². The van der Waals surface area contributed by atoms with E-state index in [1.165, 1.54) is 0 Å². The van der Waals surface area contributed by atoms with Crippen LogP contribution in [0.5, 0.6) is 5.75 Å². The number of hydrogen-bond acceptors (Lipinski definition) is 5. The highest BCUT2D eigenvalue weighted by atomic mass is 16.5. The lowest BCUT2D eigenvalue weighted by molar-refractivity contribution is -0.133. The first-order chi connectivity index (χ1) is 15.2. The molecule has 6 heteroatoms. The molecule has 0 spiro atoms. The summed E-state index contributed by atoms with van der Waals surface area (Å²) in [6.07, 6.45) is 0.806. The Kier molecular flexibility index (Phi) is 6.46. The lowest BCUT2D eigenvalue weighted by atomic mass is 9.95. The molecule has 31 heavy (non-hydrogen) atoms. The van der Waals surface area contributed by atoms with Gasteiger partial charge in [-0.3, -0.25) is 4.79 Å². The molecule has 0 saturated carbocycles. The Hall–Kier alpha value is -3.41. The number of nitrogens with zero attached hydrogens (tertiary/aromatic N) is 4. The van der Waals surface area contributed by atoms with Crippen LogP contribution in [0.15, 0.2) is 66.7 Å². The number of rotatable bonds is 6. The minimum absolute atomic E-state index is 0.0744. The van der Waals surface area contributed by atoms with Gasteiger partial charge in [-0.25, -0.2) is 0 Å². The SMILES string of the molecule is CCC(C(=O)N1CCN(c2ccc(-c3cccc(OC)c3)nn2)CC1)c1ccccc1. The topological polar surface area (TPSA) is 58.6 Å². The average Bonchev–Trinajstić information content (AvgIpc) is 2.85. The molecule has 0 bridgehead atoms. The first kappa shape index (κ1) is 20.8. The smallest absolute Gasteiger partial charge is 0.230 e. The molecule has 1 unspecified atom stereocenters. The summed E-state index contributed by atoms with van der Waals surface area (Å²) in [6, 6.07) is 21.8. The van der Waals surface area contributed by atoms with Gasteiger partial charge in [0.05, 0.1) is 18.7 Å². The first-order valence-corrected chi connectivity index (χ1v) is 10.8. The van der Waals surface area contributed by atoms with Crippen molar-refractivity contribution in [1.82, 2.24) is 15.1 Å². The molecule has 0 N–H and O–H groups in total. The van der Waals surface area contributed by atoms with Crippen LogP contribution >= 0.6 is 0 Å². The molecule has 0 radical (unpaired) electrons. The Morgan fingerprint density at radius 1 is 0.968 bits per heavy atom. The van der Waals surface area contributed by atoms with E-state index in [0.29, 0.717) is 13.1 Å². The fraction of sp³-hybridized carbons (Fsp3) is 0.320. The Labute approximate surface area is 183 Å². The molecule has 1 amide bonds. The van der Waals surface area contributed by atoms with E-state index in [0.717, 1.165) is 47.9 Å². The number of piperazine rings is 1. The second-order valence-electron chi connectivity index (χ2n) is 7.69. The van der Waals surface area contributed by atoms with Crippen LogP contribution in [0.2, 0.25) is 0 Å². The Balaban J connectivity index is 1.39. The van der Waals surface area contributed by atoms with Gasteiger partial charge in [0.25, 0.3) is 0 Å². The molecule has 2 aromatic carbocycles. The van der Waals surface area contributed by atoms with Gasteiger partial charge in [-0.1, -0.05) is 49.4 Å². The van der Waals surface area contributed by atoms with Crippen molar-refractivity contribution < 1.29 is 9.53 Å². The maximum atomic E-state index is 13.1. The van der Waals surface area contributed by atoms with Crippen LogP contribution in [-0.2, 0) is 4.79 Å². The summed E-state index contributed by atoms with van der Waals surface area (Å²) >= 11 is 0. The zero-order valence-corrected chi connectivity index (χ0v) is 18.1. The summed E-state index contributed by atoms with van der Waals surface area (Å²) in [5.41, 5.74) is 2.88. The molecular formula is C25H28N4O2. The molecule has 3 aromatic rings. The summed E-state index contributed by atoms with van der Waals surface area (Å²) in [5, 5.41) is 8.84. The van der Waals surface area contributed by atoms with Gasteiger partial charge in [-0.15, -0.1) is 10.2 Å². The van der Waals surface area contributed by atoms with E-state index in [9.17, 15) is 4.79 Å². The van der Waals surface area contributed by atoms with E-state index in [1.807, 2.05) is 71.6 Å². The van der Waals surface area contributed by atoms with E-state index < -0.39 is 0 Å². The number of methoxy groups -OCH3 is 1. The van der Waals surface area contributed by atoms with Crippen molar-refractivity contribution in [1.29, 1.82) is 0 Å². The number of anilines is 1. The van der Waals surface area contributed by atoms with E-state index in [4.69, 9.17) is 4.74 Å². The highest BCUT2D eigenvalue weighted by Crippen LogP contribution is 2.25. The minimum atomic E-state index is -0.0744. The number of carbonyl (C=O) groups excluding carboxylic acids is 1. The van der Waals surface area contributed by atoms with Gasteiger partial charge in [0.2, 0.25) is 5.91 Å². The molecule has 6 nitrogen and oxygen atoms in total.